The fourth-order valence-electron chi connectivity index (χ4n) is 1.86. The molecular weight excluding hydrogens is 256 g/mol. The summed E-state index contributed by atoms with van der Waals surface area (Å²) in [6.45, 7) is -0.406. The lowest BCUT2D eigenvalue weighted by Gasteiger charge is -2.17. The summed E-state index contributed by atoms with van der Waals surface area (Å²) in [6.07, 6.45) is -4.10. The molecular formula is C11H14N2O6. The van der Waals surface area contributed by atoms with Gasteiger partial charge in [-0.25, -0.2) is 0 Å². The Hall–Kier alpha value is -1.74. The van der Waals surface area contributed by atoms with Crippen LogP contribution in [-0.2, 0) is 4.74 Å². The molecule has 0 aliphatic carbocycles. The van der Waals surface area contributed by atoms with E-state index in [4.69, 9.17) is 9.84 Å². The van der Waals surface area contributed by atoms with Crippen LogP contribution in [0.1, 0.15) is 0 Å². The van der Waals surface area contributed by atoms with Crippen molar-refractivity contribution in [2.75, 3.05) is 11.9 Å². The van der Waals surface area contributed by atoms with Crippen LogP contribution in [-0.4, -0.2) is 51.4 Å². The molecule has 4 N–H and O–H groups in total. The summed E-state index contributed by atoms with van der Waals surface area (Å²) in [6, 6.07) is 5.55. The molecule has 1 saturated heterocycles. The van der Waals surface area contributed by atoms with E-state index in [2.05, 4.69) is 5.32 Å². The quantitative estimate of drug-likeness (QED) is 0.427. The zero-order valence-electron chi connectivity index (χ0n) is 9.84. The summed E-state index contributed by atoms with van der Waals surface area (Å²) >= 11 is 0. The van der Waals surface area contributed by atoms with E-state index in [-0.39, 0.29) is 5.69 Å². The summed E-state index contributed by atoms with van der Waals surface area (Å²) < 4.78 is 5.22. The maximum atomic E-state index is 10.5. The summed E-state index contributed by atoms with van der Waals surface area (Å²) in [4.78, 5) is 9.98. The van der Waals surface area contributed by atoms with Gasteiger partial charge in [0.2, 0.25) is 0 Å². The highest BCUT2D eigenvalue weighted by molar-refractivity contribution is 5.49. The van der Waals surface area contributed by atoms with E-state index < -0.39 is 36.1 Å². The van der Waals surface area contributed by atoms with Crippen LogP contribution in [0.3, 0.4) is 0 Å². The Bertz CT molecular complexity index is 451. The highest BCUT2D eigenvalue weighted by Crippen LogP contribution is 2.24. The molecule has 0 aromatic heterocycles. The van der Waals surface area contributed by atoms with Gasteiger partial charge in [-0.2, -0.15) is 0 Å². The molecule has 2 rings (SSSR count). The number of nitro benzene ring substituents is 1. The van der Waals surface area contributed by atoms with E-state index in [0.29, 0.717) is 5.69 Å². The molecule has 104 valence electrons. The van der Waals surface area contributed by atoms with Gasteiger partial charge in [-0.15, -0.1) is 0 Å². The van der Waals surface area contributed by atoms with Gasteiger partial charge in [-0.1, -0.05) is 0 Å². The van der Waals surface area contributed by atoms with Crippen molar-refractivity contribution in [3.8, 4) is 0 Å². The third kappa shape index (κ3) is 2.82. The highest BCUT2D eigenvalue weighted by Gasteiger charge is 2.42. The van der Waals surface area contributed by atoms with E-state index in [1.165, 1.54) is 24.3 Å². The first-order valence-electron chi connectivity index (χ1n) is 5.66. The van der Waals surface area contributed by atoms with Crippen LogP contribution < -0.4 is 5.32 Å². The van der Waals surface area contributed by atoms with Gasteiger partial charge in [0.05, 0.1) is 11.5 Å². The summed E-state index contributed by atoms with van der Waals surface area (Å²) in [5, 5.41) is 41.5. The smallest absolute Gasteiger partial charge is 0.269 e. The van der Waals surface area contributed by atoms with E-state index in [1.807, 2.05) is 0 Å². The third-order valence-corrected chi connectivity index (χ3v) is 2.93. The molecule has 0 amide bonds. The Morgan fingerprint density at radius 2 is 1.89 bits per heavy atom. The van der Waals surface area contributed by atoms with E-state index in [1.54, 1.807) is 0 Å². The van der Waals surface area contributed by atoms with Crippen LogP contribution in [0.2, 0.25) is 0 Å². The molecule has 0 bridgehead atoms. The molecule has 1 fully saturated rings. The molecule has 0 spiro atoms. The van der Waals surface area contributed by atoms with Gasteiger partial charge in [-0.3, -0.25) is 10.1 Å². The fraction of sp³-hybridized carbons (Fsp3) is 0.455. The summed E-state index contributed by atoms with van der Waals surface area (Å²) in [5.74, 6) is 0. The summed E-state index contributed by atoms with van der Waals surface area (Å²) in [7, 11) is 0. The Morgan fingerprint density at radius 1 is 1.26 bits per heavy atom. The Labute approximate surface area is 108 Å². The zero-order chi connectivity index (χ0) is 14.0. The van der Waals surface area contributed by atoms with Crippen molar-refractivity contribution in [2.45, 2.75) is 24.5 Å². The zero-order valence-corrected chi connectivity index (χ0v) is 9.84. The Morgan fingerprint density at radius 3 is 2.37 bits per heavy atom. The van der Waals surface area contributed by atoms with Crippen LogP contribution in [0.15, 0.2) is 24.3 Å². The normalized spacial score (nSPS) is 30.3. The fourth-order valence-corrected chi connectivity index (χ4v) is 1.86. The number of hydrogen-bond donors (Lipinski definition) is 4. The standard InChI is InChI=1S/C11H14N2O6/c14-5-8-9(15)10(16)11(19-8)12-6-1-3-7(4-2-6)13(17)18/h1-4,8-12,14-16H,5H2/t8-,9+,10+,11-/m0/s1. The van der Waals surface area contributed by atoms with E-state index in [9.17, 15) is 20.3 Å². The number of aliphatic hydroxyl groups is 3. The average molecular weight is 270 g/mol. The highest BCUT2D eigenvalue weighted by atomic mass is 16.6. The number of aliphatic hydroxyl groups excluding tert-OH is 3. The van der Waals surface area contributed by atoms with Gasteiger partial charge >= 0.3 is 0 Å². The third-order valence-electron chi connectivity index (χ3n) is 2.93. The van der Waals surface area contributed by atoms with Gasteiger partial charge in [0.1, 0.15) is 18.3 Å². The molecule has 0 radical (unpaired) electrons. The van der Waals surface area contributed by atoms with Crippen LogP contribution in [0.25, 0.3) is 0 Å². The van der Waals surface area contributed by atoms with Crippen molar-refractivity contribution in [1.82, 2.24) is 0 Å². The monoisotopic (exact) mass is 270 g/mol. The lowest BCUT2D eigenvalue weighted by molar-refractivity contribution is -0.384. The minimum atomic E-state index is -1.19. The molecule has 8 heteroatoms. The first-order chi connectivity index (χ1) is 9.02. The second kappa shape index (κ2) is 5.49. The van der Waals surface area contributed by atoms with Gasteiger partial charge in [0.15, 0.2) is 6.23 Å². The van der Waals surface area contributed by atoms with Crippen molar-refractivity contribution in [3.63, 3.8) is 0 Å². The van der Waals surface area contributed by atoms with Gasteiger partial charge in [0, 0.05) is 17.8 Å². The second-order valence-corrected chi connectivity index (χ2v) is 4.21. The molecule has 1 aliphatic rings. The predicted octanol–water partition coefficient (Wildman–Crippen LogP) is -0.554. The molecule has 0 unspecified atom stereocenters. The lowest BCUT2D eigenvalue weighted by atomic mass is 10.1. The van der Waals surface area contributed by atoms with Gasteiger partial charge in [-0.05, 0) is 12.1 Å². The van der Waals surface area contributed by atoms with E-state index in [0.717, 1.165) is 0 Å². The Kier molecular flexibility index (Phi) is 3.96. The molecule has 4 atom stereocenters. The molecule has 1 heterocycles. The topological polar surface area (TPSA) is 125 Å². The molecule has 1 aromatic carbocycles. The number of anilines is 1. The predicted molar refractivity (Wildman–Crippen MR) is 64.5 cm³/mol. The molecule has 19 heavy (non-hydrogen) atoms. The molecule has 0 saturated carbocycles. The van der Waals surface area contributed by atoms with Crippen molar-refractivity contribution in [2.24, 2.45) is 0 Å². The minimum absolute atomic E-state index is 0.0493. The first kappa shape index (κ1) is 13.7. The van der Waals surface area contributed by atoms with Crippen molar-refractivity contribution in [1.29, 1.82) is 0 Å². The SMILES string of the molecule is O=[N+]([O-])c1ccc(N[C@H]2O[C@@H](CO)[C@@H](O)[C@H]2O)cc1. The number of nitrogens with one attached hydrogen (secondary N) is 1. The first-order valence-corrected chi connectivity index (χ1v) is 5.66. The number of non-ortho nitro benzene ring substituents is 1. The number of nitro groups is 1. The van der Waals surface area contributed by atoms with Gasteiger partial charge in [0.25, 0.3) is 5.69 Å². The molecule has 8 nitrogen and oxygen atoms in total. The minimum Gasteiger partial charge on any atom is -0.394 e. The Balaban J connectivity index is 2.03. The van der Waals surface area contributed by atoms with Gasteiger partial charge < -0.3 is 25.4 Å². The number of rotatable bonds is 4. The largest absolute Gasteiger partial charge is 0.394 e. The van der Waals surface area contributed by atoms with Crippen molar-refractivity contribution < 1.29 is 25.0 Å². The van der Waals surface area contributed by atoms with E-state index >= 15 is 0 Å². The van der Waals surface area contributed by atoms with Crippen LogP contribution >= 0.6 is 0 Å². The van der Waals surface area contributed by atoms with Crippen molar-refractivity contribution >= 4 is 11.4 Å². The number of nitrogens with zero attached hydrogens (tertiary/aromatic N) is 1. The number of benzene rings is 1. The van der Waals surface area contributed by atoms with Crippen molar-refractivity contribution in [3.05, 3.63) is 34.4 Å². The maximum Gasteiger partial charge on any atom is 0.269 e. The maximum absolute atomic E-state index is 10.5. The lowest BCUT2D eigenvalue weighted by Crippen LogP contribution is -2.36. The number of hydrogen-bond acceptors (Lipinski definition) is 7. The summed E-state index contributed by atoms with van der Waals surface area (Å²) in [5.41, 5.74) is 0.451. The van der Waals surface area contributed by atoms with Crippen LogP contribution in [0.5, 0.6) is 0 Å². The number of ether oxygens (including phenoxy) is 1. The molecule has 1 aliphatic heterocycles. The van der Waals surface area contributed by atoms with Crippen LogP contribution in [0.4, 0.5) is 11.4 Å². The molecule has 1 aromatic rings. The average Bonchev–Trinajstić information content (AvgIpc) is 2.67. The second-order valence-electron chi connectivity index (χ2n) is 4.21. The van der Waals surface area contributed by atoms with Crippen LogP contribution in [0, 0.1) is 10.1 Å².